The van der Waals surface area contributed by atoms with Crippen LogP contribution in [0.3, 0.4) is 0 Å². The molecule has 0 spiro atoms. The third kappa shape index (κ3) is 7.45. The SMILES string of the molecule is CCCCCC(=O)NCC(CC(C)C)NC(=O)[C@H]1O[C@@H]1C(=O)O. The zero-order valence-electron chi connectivity index (χ0n) is 14.1. The van der Waals surface area contributed by atoms with Gasteiger partial charge in [-0.1, -0.05) is 33.6 Å². The number of aliphatic carboxylic acids is 1. The van der Waals surface area contributed by atoms with Crippen LogP contribution in [0.5, 0.6) is 0 Å². The van der Waals surface area contributed by atoms with Crippen LogP contribution in [-0.2, 0) is 19.1 Å². The standard InChI is InChI=1S/C16H28N2O5/c1-4-5-6-7-12(19)17-9-11(8-10(2)3)18-15(20)13-14(23-13)16(21)22/h10-11,13-14H,4-9H2,1-3H3,(H,17,19)(H,18,20)(H,21,22)/t11?,13-,14-/m0/s1. The van der Waals surface area contributed by atoms with E-state index in [0.717, 1.165) is 19.3 Å². The van der Waals surface area contributed by atoms with Crippen molar-refractivity contribution >= 4 is 17.8 Å². The highest BCUT2D eigenvalue weighted by molar-refractivity contribution is 5.92. The molecule has 1 saturated heterocycles. The lowest BCUT2D eigenvalue weighted by atomic mass is 10.0. The van der Waals surface area contributed by atoms with Crippen molar-refractivity contribution in [3.63, 3.8) is 0 Å². The second-order valence-corrected chi connectivity index (χ2v) is 6.41. The summed E-state index contributed by atoms with van der Waals surface area (Å²) < 4.78 is 4.84. The smallest absolute Gasteiger partial charge is 0.336 e. The Morgan fingerprint density at radius 2 is 1.87 bits per heavy atom. The van der Waals surface area contributed by atoms with Crippen molar-refractivity contribution in [3.8, 4) is 0 Å². The topological polar surface area (TPSA) is 108 Å². The van der Waals surface area contributed by atoms with E-state index in [4.69, 9.17) is 9.84 Å². The van der Waals surface area contributed by atoms with Gasteiger partial charge in [-0.2, -0.15) is 0 Å². The van der Waals surface area contributed by atoms with Crippen molar-refractivity contribution in [1.82, 2.24) is 10.6 Å². The van der Waals surface area contributed by atoms with E-state index in [2.05, 4.69) is 17.6 Å². The number of rotatable bonds is 11. The lowest BCUT2D eigenvalue weighted by molar-refractivity contribution is -0.138. The first kappa shape index (κ1) is 19.4. The van der Waals surface area contributed by atoms with Gasteiger partial charge in [-0.15, -0.1) is 0 Å². The van der Waals surface area contributed by atoms with Crippen LogP contribution in [0.2, 0.25) is 0 Å². The molecular formula is C16H28N2O5. The van der Waals surface area contributed by atoms with Crippen LogP contribution in [0.1, 0.15) is 52.9 Å². The molecule has 1 heterocycles. The molecule has 7 heteroatoms. The van der Waals surface area contributed by atoms with Crippen molar-refractivity contribution in [2.75, 3.05) is 6.54 Å². The molecule has 3 atom stereocenters. The summed E-state index contributed by atoms with van der Waals surface area (Å²) in [7, 11) is 0. The summed E-state index contributed by atoms with van der Waals surface area (Å²) in [6.07, 6.45) is 2.18. The molecule has 2 amide bonds. The number of carbonyl (C=O) groups is 3. The summed E-state index contributed by atoms with van der Waals surface area (Å²) in [5.74, 6) is -1.24. The van der Waals surface area contributed by atoms with Crippen LogP contribution in [0, 0.1) is 5.92 Å². The van der Waals surface area contributed by atoms with Gasteiger partial charge in [0, 0.05) is 19.0 Å². The maximum Gasteiger partial charge on any atom is 0.336 e. The summed E-state index contributed by atoms with van der Waals surface area (Å²) in [4.78, 5) is 34.4. The number of epoxide rings is 1. The third-order valence-corrected chi connectivity index (χ3v) is 3.65. The van der Waals surface area contributed by atoms with E-state index >= 15 is 0 Å². The molecule has 1 aliphatic rings. The van der Waals surface area contributed by atoms with Crippen molar-refractivity contribution < 1.29 is 24.2 Å². The molecule has 0 radical (unpaired) electrons. The Labute approximate surface area is 137 Å². The summed E-state index contributed by atoms with van der Waals surface area (Å²) >= 11 is 0. The Morgan fingerprint density at radius 1 is 1.17 bits per heavy atom. The van der Waals surface area contributed by atoms with E-state index < -0.39 is 24.1 Å². The van der Waals surface area contributed by atoms with Crippen molar-refractivity contribution in [2.45, 2.75) is 71.1 Å². The van der Waals surface area contributed by atoms with E-state index in [1.165, 1.54) is 0 Å². The van der Waals surface area contributed by atoms with E-state index in [1.807, 2.05) is 13.8 Å². The minimum absolute atomic E-state index is 0.0208. The van der Waals surface area contributed by atoms with E-state index in [9.17, 15) is 14.4 Å². The van der Waals surface area contributed by atoms with E-state index in [1.54, 1.807) is 0 Å². The minimum Gasteiger partial charge on any atom is -0.479 e. The Hall–Kier alpha value is -1.63. The average Bonchev–Trinajstić information content (AvgIpc) is 3.25. The van der Waals surface area contributed by atoms with Crippen molar-refractivity contribution in [3.05, 3.63) is 0 Å². The number of ether oxygens (including phenoxy) is 1. The highest BCUT2D eigenvalue weighted by Gasteiger charge is 2.51. The molecule has 0 saturated carbocycles. The number of hydrogen-bond donors (Lipinski definition) is 3. The zero-order valence-corrected chi connectivity index (χ0v) is 14.1. The minimum atomic E-state index is -1.13. The quantitative estimate of drug-likeness (QED) is 0.388. The van der Waals surface area contributed by atoms with Crippen LogP contribution in [0.25, 0.3) is 0 Å². The normalized spacial score (nSPS) is 20.9. The molecule has 0 aromatic rings. The highest BCUT2D eigenvalue weighted by atomic mass is 16.6. The lowest BCUT2D eigenvalue weighted by Crippen LogP contribution is -2.46. The molecule has 0 aromatic heterocycles. The van der Waals surface area contributed by atoms with Crippen LogP contribution >= 0.6 is 0 Å². The van der Waals surface area contributed by atoms with Gasteiger partial charge in [0.2, 0.25) is 5.91 Å². The number of carboxylic acids is 1. The number of unbranched alkanes of at least 4 members (excludes halogenated alkanes) is 2. The van der Waals surface area contributed by atoms with Gasteiger partial charge in [0.15, 0.2) is 12.2 Å². The third-order valence-electron chi connectivity index (χ3n) is 3.65. The molecule has 7 nitrogen and oxygen atoms in total. The fourth-order valence-corrected chi connectivity index (χ4v) is 2.41. The van der Waals surface area contributed by atoms with Gasteiger partial charge in [-0.25, -0.2) is 4.79 Å². The molecule has 3 N–H and O–H groups in total. The van der Waals surface area contributed by atoms with Gasteiger partial charge in [0.1, 0.15) is 0 Å². The molecule has 1 rings (SSSR count). The Balaban J connectivity index is 2.39. The largest absolute Gasteiger partial charge is 0.479 e. The van der Waals surface area contributed by atoms with Crippen LogP contribution < -0.4 is 10.6 Å². The van der Waals surface area contributed by atoms with Crippen molar-refractivity contribution in [2.24, 2.45) is 5.92 Å². The Kier molecular flexibility index (Phi) is 8.02. The first-order chi connectivity index (χ1) is 10.8. The first-order valence-electron chi connectivity index (χ1n) is 8.30. The molecule has 0 aromatic carbocycles. The lowest BCUT2D eigenvalue weighted by Gasteiger charge is -2.21. The van der Waals surface area contributed by atoms with Gasteiger partial charge in [-0.05, 0) is 18.8 Å². The number of hydrogen-bond acceptors (Lipinski definition) is 4. The summed E-state index contributed by atoms with van der Waals surface area (Å²) in [6, 6.07) is -0.226. The summed E-state index contributed by atoms with van der Waals surface area (Å²) in [5.41, 5.74) is 0. The fraction of sp³-hybridized carbons (Fsp3) is 0.812. The van der Waals surface area contributed by atoms with Crippen LogP contribution in [0.15, 0.2) is 0 Å². The number of amides is 2. The Bertz CT molecular complexity index is 425. The maximum atomic E-state index is 12.0. The van der Waals surface area contributed by atoms with Gasteiger partial charge in [-0.3, -0.25) is 9.59 Å². The predicted octanol–water partition coefficient (Wildman–Crippen LogP) is 1.07. The number of carbonyl (C=O) groups excluding carboxylic acids is 2. The molecule has 132 valence electrons. The fourth-order valence-electron chi connectivity index (χ4n) is 2.41. The van der Waals surface area contributed by atoms with Crippen LogP contribution in [-0.4, -0.2) is 47.7 Å². The second-order valence-electron chi connectivity index (χ2n) is 6.41. The molecule has 0 aliphatic carbocycles. The molecule has 23 heavy (non-hydrogen) atoms. The van der Waals surface area contributed by atoms with Crippen molar-refractivity contribution in [1.29, 1.82) is 0 Å². The summed E-state index contributed by atoms with van der Waals surface area (Å²) in [6.45, 7) is 6.47. The van der Waals surface area contributed by atoms with E-state index in [0.29, 0.717) is 25.3 Å². The Morgan fingerprint density at radius 3 is 2.39 bits per heavy atom. The van der Waals surface area contributed by atoms with Gasteiger partial charge < -0.3 is 20.5 Å². The second kappa shape index (κ2) is 9.50. The molecule has 1 unspecified atom stereocenters. The number of nitrogens with one attached hydrogen (secondary N) is 2. The van der Waals surface area contributed by atoms with E-state index in [-0.39, 0.29) is 11.9 Å². The number of carboxylic acid groups (broad SMARTS) is 1. The molecular weight excluding hydrogens is 300 g/mol. The van der Waals surface area contributed by atoms with Crippen LogP contribution in [0.4, 0.5) is 0 Å². The maximum absolute atomic E-state index is 12.0. The van der Waals surface area contributed by atoms with Gasteiger partial charge >= 0.3 is 5.97 Å². The zero-order chi connectivity index (χ0) is 17.4. The first-order valence-corrected chi connectivity index (χ1v) is 8.30. The molecule has 1 fully saturated rings. The average molecular weight is 328 g/mol. The monoisotopic (exact) mass is 328 g/mol. The molecule has 0 bridgehead atoms. The highest BCUT2D eigenvalue weighted by Crippen LogP contribution is 2.22. The molecule has 1 aliphatic heterocycles. The van der Waals surface area contributed by atoms with Gasteiger partial charge in [0.25, 0.3) is 5.91 Å². The summed E-state index contributed by atoms with van der Waals surface area (Å²) in [5, 5.41) is 14.4. The predicted molar refractivity (Wildman–Crippen MR) is 84.8 cm³/mol. The van der Waals surface area contributed by atoms with Gasteiger partial charge in [0.05, 0.1) is 0 Å².